The fraction of sp³-hybridized carbons (Fsp3) is 0.407. The van der Waals surface area contributed by atoms with Crippen LogP contribution in [-0.2, 0) is 84.3 Å². The predicted octanol–water partition coefficient (Wildman–Crippen LogP) is -0.406. The molecule has 0 spiro atoms. The highest BCUT2D eigenvalue weighted by Crippen LogP contribution is 2.48. The van der Waals surface area contributed by atoms with Gasteiger partial charge in [-0.1, -0.05) is 43.7 Å². The molecule has 3 aliphatic heterocycles. The number of cyclic esters (lactones) is 1. The number of carboxylic acid groups (broad SMARTS) is 1. The lowest BCUT2D eigenvalue weighted by molar-refractivity contribution is -0.172. The predicted molar refractivity (Wildman–Crippen MR) is 274 cm³/mol. The molecule has 2 aromatic heterocycles. The van der Waals surface area contributed by atoms with Crippen molar-refractivity contribution < 1.29 is 72.4 Å². The number of carboxylic acids is 1. The zero-order valence-electron chi connectivity index (χ0n) is 43.1. The zero-order valence-corrected chi connectivity index (χ0v) is 43.1. The van der Waals surface area contributed by atoms with Gasteiger partial charge in [0.15, 0.2) is 5.60 Å². The quantitative estimate of drug-likeness (QED) is 0.0234. The fourth-order valence-electron chi connectivity index (χ4n) is 10.7. The SMILES string of the molecule is CC[C@@]1(O)C(=O)OCc2c1cc1n(c2=O)Cc2c-1nc1cc(F)c(C)c3c1c2[C@@H](N(C(=O)[C@H](Cc1ccccc1)NC(=O)CNC(=O)CNC(=O)[C@H](CC(=O)O)NC(=O)CCCCCN1C(=O)C=CC1=O)[C@@H](CO)C(N)=O)CC3. The van der Waals surface area contributed by atoms with E-state index in [0.29, 0.717) is 40.5 Å². The van der Waals surface area contributed by atoms with Crippen LogP contribution in [0.15, 0.2) is 59.4 Å². The molecule has 79 heavy (non-hydrogen) atoms. The summed E-state index contributed by atoms with van der Waals surface area (Å²) in [7, 11) is 0. The van der Waals surface area contributed by atoms with E-state index in [1.165, 1.54) is 16.7 Å². The van der Waals surface area contributed by atoms with Crippen molar-refractivity contribution in [3.63, 3.8) is 0 Å². The molecular weight excluding hydrogens is 1030 g/mol. The van der Waals surface area contributed by atoms with Crippen molar-refractivity contribution in [2.24, 2.45) is 5.73 Å². The van der Waals surface area contributed by atoms with Crippen molar-refractivity contribution in [2.45, 2.75) is 115 Å². The van der Waals surface area contributed by atoms with Gasteiger partial charge in [0.2, 0.25) is 35.4 Å². The Bertz CT molecular complexity index is 3290. The first-order chi connectivity index (χ1) is 37.7. The maximum Gasteiger partial charge on any atom is 0.343 e. The summed E-state index contributed by atoms with van der Waals surface area (Å²) in [4.78, 5) is 151. The molecule has 0 fully saturated rings. The zero-order chi connectivity index (χ0) is 57.0. The third kappa shape index (κ3) is 11.5. The number of aliphatic hydroxyl groups excluding tert-OH is 1. The number of amides is 8. The van der Waals surface area contributed by atoms with E-state index < -0.39 is 133 Å². The van der Waals surface area contributed by atoms with Crippen LogP contribution in [0.3, 0.4) is 0 Å². The number of unbranched alkanes of at least 4 members (excludes halogenated alkanes) is 2. The van der Waals surface area contributed by atoms with Gasteiger partial charge in [-0.3, -0.25) is 52.8 Å². The summed E-state index contributed by atoms with van der Waals surface area (Å²) in [6.45, 7) is 0.128. The van der Waals surface area contributed by atoms with Crippen LogP contribution < -0.4 is 32.6 Å². The summed E-state index contributed by atoms with van der Waals surface area (Å²) in [5.74, 6) is -9.46. The number of imide groups is 1. The highest BCUT2D eigenvalue weighted by molar-refractivity contribution is 6.12. The largest absolute Gasteiger partial charge is 0.481 e. The summed E-state index contributed by atoms with van der Waals surface area (Å²) in [6, 6.07) is 5.05. The molecule has 2 aromatic carbocycles. The Hall–Kier alpha value is -8.71. The van der Waals surface area contributed by atoms with Crippen LogP contribution in [0, 0.1) is 12.7 Å². The van der Waals surface area contributed by atoms with Gasteiger partial charge in [-0.2, -0.15) is 0 Å². The molecule has 5 atom stereocenters. The Morgan fingerprint density at radius 2 is 1.61 bits per heavy atom. The van der Waals surface area contributed by atoms with Crippen LogP contribution in [0.25, 0.3) is 22.3 Å². The highest BCUT2D eigenvalue weighted by Gasteiger charge is 2.47. The average molecular weight is 1090 g/mol. The molecule has 4 aromatic rings. The summed E-state index contributed by atoms with van der Waals surface area (Å²) in [6.07, 6.45) is 2.24. The van der Waals surface area contributed by atoms with Crippen LogP contribution in [0.5, 0.6) is 0 Å². The molecule has 0 saturated carbocycles. The molecule has 0 radical (unpaired) electrons. The number of benzene rings is 2. The summed E-state index contributed by atoms with van der Waals surface area (Å²) in [5, 5.41) is 41.8. The molecule has 4 aliphatic rings. The van der Waals surface area contributed by atoms with E-state index in [1.54, 1.807) is 44.2 Å². The third-order valence-corrected chi connectivity index (χ3v) is 14.8. The van der Waals surface area contributed by atoms with Crippen molar-refractivity contribution in [3.05, 3.63) is 110 Å². The number of aliphatic carboxylic acids is 1. The number of aryl methyl sites for hydroxylation is 1. The lowest BCUT2D eigenvalue weighted by Crippen LogP contribution is -2.59. The standard InChI is InChI=1S/C54H58FN9O15/c1-3-54(78)32-19-38-48-30(24-63(38)51(75)31(32)26-79-53(54)77)47-37(14-13-29-27(2)33(55)20-34(61-48)46(29)47)64(39(25-65)49(56)73)52(76)36(18-28-10-6-4-7-11-28)60-42(68)23-57-41(67)22-58-50(74)35(21-45(71)72)59-40(66)12-8-5-9-17-62-43(69)15-16-44(62)70/h4,6-7,10-11,15-16,19-20,35-37,39,65,78H,3,5,8-9,12-14,17-18,21-26H2,1-2H3,(H2,56,73)(H,57,67)(H,58,74)(H,59,66)(H,60,68)(H,71,72)/t35-,36-,37-,39-,54-/m0/s1. The van der Waals surface area contributed by atoms with Gasteiger partial charge in [-0.15, -0.1) is 0 Å². The Labute approximate surface area is 449 Å². The molecule has 0 unspecified atom stereocenters. The number of primary amides is 1. The summed E-state index contributed by atoms with van der Waals surface area (Å²) >= 11 is 0. The number of halogens is 1. The van der Waals surface area contributed by atoms with Gasteiger partial charge < -0.3 is 56.5 Å². The van der Waals surface area contributed by atoms with Crippen LogP contribution in [0.4, 0.5) is 4.39 Å². The number of nitrogens with one attached hydrogen (secondary N) is 4. The van der Waals surface area contributed by atoms with Crippen LogP contribution in [0.2, 0.25) is 0 Å². The smallest absolute Gasteiger partial charge is 0.343 e. The van der Waals surface area contributed by atoms with E-state index in [1.807, 2.05) is 0 Å². The van der Waals surface area contributed by atoms with Gasteiger partial charge >= 0.3 is 11.9 Å². The van der Waals surface area contributed by atoms with E-state index >= 15 is 9.18 Å². The van der Waals surface area contributed by atoms with Gasteiger partial charge in [-0.25, -0.2) is 14.2 Å². The minimum absolute atomic E-state index is 0.00808. The lowest BCUT2D eigenvalue weighted by atomic mass is 9.80. The number of fused-ring (bicyclic) bond motifs is 5. The average Bonchev–Trinajstić information content (AvgIpc) is 4.23. The number of aliphatic hydroxyl groups is 2. The van der Waals surface area contributed by atoms with Gasteiger partial charge in [0.1, 0.15) is 30.5 Å². The molecule has 9 N–H and O–H groups in total. The number of hydrogen-bond acceptors (Lipinski definition) is 15. The molecule has 5 heterocycles. The second-order valence-electron chi connectivity index (χ2n) is 19.7. The number of carbonyl (C=O) groups is 10. The monoisotopic (exact) mass is 1090 g/mol. The van der Waals surface area contributed by atoms with E-state index in [0.717, 1.165) is 22.0 Å². The number of rotatable bonds is 23. The lowest BCUT2D eigenvalue weighted by Gasteiger charge is -2.41. The maximum absolute atomic E-state index is 15.8. The molecule has 0 saturated heterocycles. The number of nitrogens with zero attached hydrogens (tertiary/aromatic N) is 4. The molecule has 8 rings (SSSR count). The number of ether oxygens (including phenoxy) is 1. The van der Waals surface area contributed by atoms with Crippen LogP contribution in [0.1, 0.15) is 96.9 Å². The molecule has 1 aliphatic carbocycles. The number of pyridine rings is 2. The number of aromatic nitrogens is 2. The van der Waals surface area contributed by atoms with Gasteiger partial charge in [-0.05, 0) is 67.3 Å². The topological polar surface area (TPSA) is 356 Å². The molecular formula is C54H58FN9O15. The maximum atomic E-state index is 15.8. The van der Waals surface area contributed by atoms with Crippen molar-refractivity contribution in [1.82, 2.24) is 40.6 Å². The van der Waals surface area contributed by atoms with Gasteiger partial charge in [0.05, 0.1) is 61.2 Å². The van der Waals surface area contributed by atoms with Crippen molar-refractivity contribution in [2.75, 3.05) is 26.2 Å². The second-order valence-corrected chi connectivity index (χ2v) is 19.7. The molecule has 0 bridgehead atoms. The van der Waals surface area contributed by atoms with E-state index in [4.69, 9.17) is 15.5 Å². The van der Waals surface area contributed by atoms with Gasteiger partial charge in [0.25, 0.3) is 17.4 Å². The second kappa shape index (κ2) is 23.5. The van der Waals surface area contributed by atoms with E-state index in [-0.39, 0.29) is 85.2 Å². The normalized spacial score (nSPS) is 17.9. The third-order valence-electron chi connectivity index (χ3n) is 14.8. The Morgan fingerprint density at radius 3 is 2.28 bits per heavy atom. The van der Waals surface area contributed by atoms with Gasteiger partial charge in [0, 0.05) is 54.1 Å². The fourth-order valence-corrected chi connectivity index (χ4v) is 10.7. The van der Waals surface area contributed by atoms with E-state index in [2.05, 4.69) is 21.3 Å². The van der Waals surface area contributed by atoms with E-state index in [9.17, 15) is 63.3 Å². The van der Waals surface area contributed by atoms with Crippen molar-refractivity contribution in [1.29, 1.82) is 0 Å². The Morgan fingerprint density at radius 1 is 0.911 bits per heavy atom. The minimum Gasteiger partial charge on any atom is -0.481 e. The Balaban J connectivity index is 1.02. The molecule has 8 amide bonds. The van der Waals surface area contributed by atoms with Crippen molar-refractivity contribution in [3.8, 4) is 11.4 Å². The molecule has 416 valence electrons. The molecule has 24 nitrogen and oxygen atoms in total. The Kier molecular flexibility index (Phi) is 16.8. The summed E-state index contributed by atoms with van der Waals surface area (Å²) in [5.41, 5.74) is 5.74. The number of hydrogen-bond donors (Lipinski definition) is 8. The van der Waals surface area contributed by atoms with Crippen LogP contribution >= 0.6 is 0 Å². The summed E-state index contributed by atoms with van der Waals surface area (Å²) < 4.78 is 22.4. The highest BCUT2D eigenvalue weighted by atomic mass is 19.1. The first-order valence-corrected chi connectivity index (χ1v) is 25.6. The number of carbonyl (C=O) groups excluding carboxylic acids is 9. The molecule has 25 heteroatoms. The first kappa shape index (κ1) is 56.5. The van der Waals surface area contributed by atoms with Crippen molar-refractivity contribution >= 4 is 70.1 Å². The van der Waals surface area contributed by atoms with Crippen LogP contribution in [-0.4, -0.2) is 138 Å². The number of esters is 1. The number of nitrogens with two attached hydrogens (primary N) is 1. The first-order valence-electron chi connectivity index (χ1n) is 25.6. The minimum atomic E-state index is -2.18.